The Kier molecular flexibility index (Phi) is 8.55. The molecule has 8 nitrogen and oxygen atoms in total. The van der Waals surface area contributed by atoms with Gasteiger partial charge in [0.1, 0.15) is 23.3 Å². The van der Waals surface area contributed by atoms with Gasteiger partial charge in [0.25, 0.3) is 0 Å². The number of nitrogens with two attached hydrogens (primary N) is 1. The first-order valence-corrected chi connectivity index (χ1v) is 13.5. The second kappa shape index (κ2) is 10.9. The third kappa shape index (κ3) is 7.32. The van der Waals surface area contributed by atoms with E-state index in [0.29, 0.717) is 37.3 Å². The number of nitrogens with zero attached hydrogens (tertiary/aromatic N) is 2. The molecule has 2 atom stereocenters. The summed E-state index contributed by atoms with van der Waals surface area (Å²) in [5.41, 5.74) is 0.528. The van der Waals surface area contributed by atoms with E-state index in [1.54, 1.807) is 24.0 Å². The molecule has 2 aromatic carbocycles. The van der Waals surface area contributed by atoms with Gasteiger partial charge in [0.15, 0.2) is 0 Å². The second-order valence-corrected chi connectivity index (χ2v) is 12.0. The van der Waals surface area contributed by atoms with Crippen molar-refractivity contribution in [1.29, 1.82) is 0 Å². The average Bonchev–Trinajstić information content (AvgIpc) is 2.74. The summed E-state index contributed by atoms with van der Waals surface area (Å²) in [6.07, 6.45) is -0.969. The zero-order chi connectivity index (χ0) is 26.8. The molecule has 0 radical (unpaired) electrons. The number of ether oxygens (including phenoxy) is 2. The molecule has 11 heteroatoms. The largest absolute Gasteiger partial charge is 0.483 e. The lowest BCUT2D eigenvalue weighted by Gasteiger charge is -2.41. The van der Waals surface area contributed by atoms with E-state index in [1.807, 2.05) is 27.7 Å². The number of hydrogen-bond donors (Lipinski definition) is 1. The van der Waals surface area contributed by atoms with Crippen LogP contribution in [-0.2, 0) is 14.8 Å². The van der Waals surface area contributed by atoms with Crippen LogP contribution in [0.5, 0.6) is 5.75 Å². The van der Waals surface area contributed by atoms with Crippen molar-refractivity contribution in [3.05, 3.63) is 58.4 Å². The van der Waals surface area contributed by atoms with Crippen molar-refractivity contribution in [1.82, 2.24) is 9.80 Å². The maximum Gasteiger partial charge on any atom is 0.410 e. The molecule has 0 bridgehead atoms. The van der Waals surface area contributed by atoms with E-state index < -0.39 is 21.7 Å². The molecular formula is C25H33ClFN3O5S. The van der Waals surface area contributed by atoms with Crippen molar-refractivity contribution in [2.75, 3.05) is 26.2 Å². The monoisotopic (exact) mass is 541 g/mol. The molecule has 0 saturated carbocycles. The molecule has 0 aliphatic carbocycles. The van der Waals surface area contributed by atoms with E-state index in [0.717, 1.165) is 0 Å². The van der Waals surface area contributed by atoms with E-state index in [2.05, 4.69) is 4.90 Å². The number of hydrogen-bond acceptors (Lipinski definition) is 6. The predicted octanol–water partition coefficient (Wildman–Crippen LogP) is 4.50. The van der Waals surface area contributed by atoms with Crippen molar-refractivity contribution >= 4 is 27.7 Å². The highest BCUT2D eigenvalue weighted by Gasteiger charge is 2.32. The summed E-state index contributed by atoms with van der Waals surface area (Å²) in [4.78, 5) is 16.3. The fourth-order valence-electron chi connectivity index (χ4n) is 3.95. The molecule has 2 aromatic rings. The molecule has 36 heavy (non-hydrogen) atoms. The van der Waals surface area contributed by atoms with Gasteiger partial charge in [-0.1, -0.05) is 23.7 Å². The number of carbonyl (C=O) groups is 1. The second-order valence-electron chi connectivity index (χ2n) is 10.0. The summed E-state index contributed by atoms with van der Waals surface area (Å²) in [5, 5.41) is 5.26. The summed E-state index contributed by atoms with van der Waals surface area (Å²) < 4.78 is 49.4. The van der Waals surface area contributed by atoms with E-state index in [1.165, 1.54) is 24.3 Å². The quantitative estimate of drug-likeness (QED) is 0.578. The van der Waals surface area contributed by atoms with Gasteiger partial charge in [-0.3, -0.25) is 4.90 Å². The van der Waals surface area contributed by atoms with Crippen molar-refractivity contribution < 1.29 is 27.1 Å². The summed E-state index contributed by atoms with van der Waals surface area (Å²) in [6.45, 7) is 11.1. The Morgan fingerprint density at radius 2 is 1.92 bits per heavy atom. The smallest absolute Gasteiger partial charge is 0.410 e. The van der Waals surface area contributed by atoms with Crippen LogP contribution in [0.15, 0.2) is 41.3 Å². The molecule has 1 aliphatic rings. The van der Waals surface area contributed by atoms with Gasteiger partial charge in [-0.05, 0) is 70.0 Å². The molecule has 1 unspecified atom stereocenters. The fraction of sp³-hybridized carbons (Fsp3) is 0.480. The van der Waals surface area contributed by atoms with E-state index in [9.17, 15) is 17.6 Å². The van der Waals surface area contributed by atoms with Crippen LogP contribution in [0.25, 0.3) is 0 Å². The van der Waals surface area contributed by atoms with Crippen molar-refractivity contribution in [3.8, 4) is 5.75 Å². The molecule has 0 aromatic heterocycles. The molecular weight excluding hydrogens is 509 g/mol. The van der Waals surface area contributed by atoms with Crippen LogP contribution in [0, 0.1) is 12.7 Å². The number of carbonyl (C=O) groups excluding carboxylic acids is 1. The van der Waals surface area contributed by atoms with Gasteiger partial charge in [-0.2, -0.15) is 0 Å². The van der Waals surface area contributed by atoms with Gasteiger partial charge in [-0.15, -0.1) is 0 Å². The van der Waals surface area contributed by atoms with Crippen molar-refractivity contribution in [2.45, 2.75) is 57.3 Å². The lowest BCUT2D eigenvalue weighted by Crippen LogP contribution is -2.55. The maximum absolute atomic E-state index is 14.4. The van der Waals surface area contributed by atoms with Crippen LogP contribution >= 0.6 is 11.6 Å². The predicted molar refractivity (Wildman–Crippen MR) is 136 cm³/mol. The number of benzene rings is 2. The minimum Gasteiger partial charge on any atom is -0.483 e. The highest BCUT2D eigenvalue weighted by atomic mass is 35.5. The lowest BCUT2D eigenvalue weighted by molar-refractivity contribution is -0.00299. The number of primary sulfonamides is 1. The number of halogens is 2. The molecule has 1 amide bonds. The Labute approximate surface area is 217 Å². The summed E-state index contributed by atoms with van der Waals surface area (Å²) in [7, 11) is -3.93. The first-order chi connectivity index (χ1) is 16.6. The van der Waals surface area contributed by atoms with E-state index in [4.69, 9.17) is 26.2 Å². The van der Waals surface area contributed by atoms with Crippen LogP contribution in [0.1, 0.15) is 44.9 Å². The number of rotatable bonds is 6. The molecule has 2 N–H and O–H groups in total. The van der Waals surface area contributed by atoms with Crippen LogP contribution in [0.3, 0.4) is 0 Å². The molecule has 1 heterocycles. The summed E-state index contributed by atoms with van der Waals surface area (Å²) >= 11 is 6.31. The van der Waals surface area contributed by atoms with E-state index >= 15 is 0 Å². The Morgan fingerprint density at radius 1 is 1.22 bits per heavy atom. The van der Waals surface area contributed by atoms with Crippen LogP contribution in [-0.4, -0.2) is 62.1 Å². The average molecular weight is 542 g/mol. The summed E-state index contributed by atoms with van der Waals surface area (Å²) in [5.74, 6) is -0.115. The zero-order valence-electron chi connectivity index (χ0n) is 21.1. The van der Waals surface area contributed by atoms with Crippen LogP contribution < -0.4 is 9.88 Å². The first kappa shape index (κ1) is 28.2. The van der Waals surface area contributed by atoms with Gasteiger partial charge in [0.2, 0.25) is 10.0 Å². The molecule has 3 rings (SSSR count). The number of sulfonamides is 1. The Hall–Kier alpha value is -2.40. The van der Waals surface area contributed by atoms with Gasteiger partial charge in [0.05, 0.1) is 9.92 Å². The molecule has 1 saturated heterocycles. The van der Waals surface area contributed by atoms with Crippen molar-refractivity contribution in [3.63, 3.8) is 0 Å². The highest BCUT2D eigenvalue weighted by Crippen LogP contribution is 2.32. The molecule has 1 fully saturated rings. The van der Waals surface area contributed by atoms with Gasteiger partial charge in [-0.25, -0.2) is 22.7 Å². The SMILES string of the molecule is Cc1ccc(C(CN2CCN(C(=O)OC(C)(C)C)[C@H](C)C2)Oc2ccc(S(N)(=O)=O)cc2Cl)cc1F. The number of aryl methyl sites for hydroxylation is 1. The first-order valence-electron chi connectivity index (χ1n) is 11.6. The molecule has 0 spiro atoms. The molecule has 198 valence electrons. The fourth-order valence-corrected chi connectivity index (χ4v) is 4.78. The Balaban J connectivity index is 1.81. The van der Waals surface area contributed by atoms with Gasteiger partial charge >= 0.3 is 6.09 Å². The van der Waals surface area contributed by atoms with Gasteiger partial charge in [0, 0.05) is 32.2 Å². The number of piperazine rings is 1. The van der Waals surface area contributed by atoms with E-state index in [-0.39, 0.29) is 33.6 Å². The minimum absolute atomic E-state index is 0.0715. The Bertz CT molecular complexity index is 1220. The number of amides is 1. The maximum atomic E-state index is 14.4. The molecule has 1 aliphatic heterocycles. The Morgan fingerprint density at radius 3 is 2.47 bits per heavy atom. The minimum atomic E-state index is -3.93. The normalized spacial score (nSPS) is 18.1. The van der Waals surface area contributed by atoms with Crippen LogP contribution in [0.2, 0.25) is 5.02 Å². The standard InChI is InChI=1S/C25H33ClFN3O5S/c1-16-6-7-18(12-21(16)27)23(34-22-9-8-19(13-20(22)26)36(28,32)33)15-29-10-11-30(17(2)14-29)24(31)35-25(3,4)5/h6-9,12-13,17,23H,10-11,14-15H2,1-5H3,(H2,28,32,33)/t17-,23?/m1/s1. The third-order valence-corrected chi connectivity index (χ3v) is 7.04. The summed E-state index contributed by atoms with van der Waals surface area (Å²) in [6, 6.07) is 8.74. The van der Waals surface area contributed by atoms with Crippen LogP contribution in [0.4, 0.5) is 9.18 Å². The lowest BCUT2D eigenvalue weighted by atomic mass is 10.0. The third-order valence-electron chi connectivity index (χ3n) is 5.83. The topological polar surface area (TPSA) is 102 Å². The zero-order valence-corrected chi connectivity index (χ0v) is 22.7. The highest BCUT2D eigenvalue weighted by molar-refractivity contribution is 7.89. The van der Waals surface area contributed by atoms with Gasteiger partial charge < -0.3 is 14.4 Å². The van der Waals surface area contributed by atoms with Crippen molar-refractivity contribution in [2.24, 2.45) is 5.14 Å².